The number of nitrogens with zero attached hydrogens (tertiary/aromatic N) is 2. The molecule has 0 aromatic heterocycles. The van der Waals surface area contributed by atoms with Crippen LogP contribution in [0.1, 0.15) is 36.2 Å². The molecule has 0 saturated carbocycles. The largest absolute Gasteiger partial charge is 0.335 e. The summed E-state index contributed by atoms with van der Waals surface area (Å²) in [6.45, 7) is 5.27. The van der Waals surface area contributed by atoms with Crippen LogP contribution in [0, 0.1) is 11.3 Å². The number of hydrogen-bond acceptors (Lipinski definition) is 3. The van der Waals surface area contributed by atoms with Crippen molar-refractivity contribution in [2.45, 2.75) is 32.7 Å². The van der Waals surface area contributed by atoms with Crippen molar-refractivity contribution < 1.29 is 4.79 Å². The average Bonchev–Trinajstić information content (AvgIpc) is 2.45. The molecule has 1 amide bonds. The van der Waals surface area contributed by atoms with Crippen LogP contribution in [-0.2, 0) is 6.42 Å². The molecular weight excluding hydrogens is 250 g/mol. The molecule has 0 aliphatic rings. The SMILES string of the molecule is CNCCc1ccccc1C(=O)N(CCC#N)C(C)C. The molecule has 0 aliphatic heterocycles. The fraction of sp³-hybridized carbons (Fsp3) is 0.500. The Bertz CT molecular complexity index is 477. The first-order valence-corrected chi connectivity index (χ1v) is 7.02. The minimum absolute atomic E-state index is 0.0157. The second-order valence-electron chi connectivity index (χ2n) is 5.01. The highest BCUT2D eigenvalue weighted by Gasteiger charge is 2.20. The Labute approximate surface area is 121 Å². The van der Waals surface area contributed by atoms with Gasteiger partial charge < -0.3 is 10.2 Å². The summed E-state index contributed by atoms with van der Waals surface area (Å²) in [5.74, 6) is 0.0157. The van der Waals surface area contributed by atoms with Gasteiger partial charge in [0.05, 0.1) is 12.5 Å². The van der Waals surface area contributed by atoms with E-state index in [1.165, 1.54) is 0 Å². The molecule has 0 spiro atoms. The van der Waals surface area contributed by atoms with Gasteiger partial charge >= 0.3 is 0 Å². The molecule has 1 N–H and O–H groups in total. The third-order valence-electron chi connectivity index (χ3n) is 3.24. The van der Waals surface area contributed by atoms with Gasteiger partial charge in [0.15, 0.2) is 0 Å². The number of likely N-dealkylation sites (N-methyl/N-ethyl adjacent to an activating group) is 1. The minimum Gasteiger partial charge on any atom is -0.335 e. The van der Waals surface area contributed by atoms with Crippen LogP contribution in [0.2, 0.25) is 0 Å². The molecule has 20 heavy (non-hydrogen) atoms. The van der Waals surface area contributed by atoms with Gasteiger partial charge in [0.2, 0.25) is 0 Å². The zero-order valence-electron chi connectivity index (χ0n) is 12.5. The summed E-state index contributed by atoms with van der Waals surface area (Å²) in [5.41, 5.74) is 1.80. The molecule has 0 bridgehead atoms. The van der Waals surface area contributed by atoms with E-state index in [4.69, 9.17) is 5.26 Å². The lowest BCUT2D eigenvalue weighted by Crippen LogP contribution is -2.38. The Kier molecular flexibility index (Phi) is 6.75. The molecule has 4 heteroatoms. The summed E-state index contributed by atoms with van der Waals surface area (Å²) < 4.78 is 0. The molecule has 0 radical (unpaired) electrons. The third-order valence-corrected chi connectivity index (χ3v) is 3.24. The van der Waals surface area contributed by atoms with Crippen LogP contribution in [-0.4, -0.2) is 37.0 Å². The van der Waals surface area contributed by atoms with Crippen molar-refractivity contribution in [2.24, 2.45) is 0 Å². The second-order valence-corrected chi connectivity index (χ2v) is 5.01. The van der Waals surface area contributed by atoms with Crippen LogP contribution in [0.3, 0.4) is 0 Å². The van der Waals surface area contributed by atoms with E-state index in [0.29, 0.717) is 13.0 Å². The fourth-order valence-corrected chi connectivity index (χ4v) is 2.13. The topological polar surface area (TPSA) is 56.1 Å². The maximum absolute atomic E-state index is 12.7. The first-order chi connectivity index (χ1) is 9.61. The van der Waals surface area contributed by atoms with Crippen LogP contribution in [0.4, 0.5) is 0 Å². The van der Waals surface area contributed by atoms with Crippen molar-refractivity contribution in [3.8, 4) is 6.07 Å². The molecular formula is C16H23N3O. The first-order valence-electron chi connectivity index (χ1n) is 7.02. The number of nitriles is 1. The molecule has 4 nitrogen and oxygen atoms in total. The van der Waals surface area contributed by atoms with E-state index >= 15 is 0 Å². The van der Waals surface area contributed by atoms with E-state index in [-0.39, 0.29) is 11.9 Å². The van der Waals surface area contributed by atoms with Crippen LogP contribution in [0.25, 0.3) is 0 Å². The fourth-order valence-electron chi connectivity index (χ4n) is 2.13. The summed E-state index contributed by atoms with van der Waals surface area (Å²) in [4.78, 5) is 14.4. The minimum atomic E-state index is 0.0157. The van der Waals surface area contributed by atoms with E-state index in [9.17, 15) is 4.79 Å². The molecule has 1 aromatic carbocycles. The number of carbonyl (C=O) groups is 1. The Morgan fingerprint density at radius 2 is 2.10 bits per heavy atom. The van der Waals surface area contributed by atoms with Gasteiger partial charge in [0.25, 0.3) is 5.91 Å². The lowest BCUT2D eigenvalue weighted by Gasteiger charge is -2.27. The van der Waals surface area contributed by atoms with Gasteiger partial charge in [-0.3, -0.25) is 4.79 Å². The summed E-state index contributed by atoms with van der Waals surface area (Å²) in [6, 6.07) is 9.90. The smallest absolute Gasteiger partial charge is 0.254 e. The van der Waals surface area contributed by atoms with Crippen molar-refractivity contribution >= 4 is 5.91 Å². The molecule has 108 valence electrons. The van der Waals surface area contributed by atoms with Crippen molar-refractivity contribution in [3.05, 3.63) is 35.4 Å². The predicted molar refractivity (Wildman–Crippen MR) is 80.5 cm³/mol. The molecule has 0 fully saturated rings. The highest BCUT2D eigenvalue weighted by molar-refractivity contribution is 5.95. The van der Waals surface area contributed by atoms with E-state index in [0.717, 1.165) is 24.1 Å². The predicted octanol–water partition coefficient (Wildman–Crippen LogP) is 2.21. The van der Waals surface area contributed by atoms with Crippen molar-refractivity contribution in [2.75, 3.05) is 20.1 Å². The van der Waals surface area contributed by atoms with E-state index < -0.39 is 0 Å². The zero-order chi connectivity index (χ0) is 15.0. The first kappa shape index (κ1) is 16.2. The Hall–Kier alpha value is -1.86. The van der Waals surface area contributed by atoms with E-state index in [1.54, 1.807) is 4.90 Å². The highest BCUT2D eigenvalue weighted by atomic mass is 16.2. The number of nitrogens with one attached hydrogen (secondary N) is 1. The quantitative estimate of drug-likeness (QED) is 0.828. The summed E-state index contributed by atoms with van der Waals surface area (Å²) in [7, 11) is 1.90. The molecule has 1 rings (SSSR count). The third kappa shape index (κ3) is 4.36. The molecule has 0 unspecified atom stereocenters. The van der Waals surface area contributed by atoms with Gasteiger partial charge in [0, 0.05) is 18.2 Å². The standard InChI is InChI=1S/C16H23N3O/c1-13(2)19(12-6-10-17)16(20)15-8-5-4-7-14(15)9-11-18-3/h4-5,7-8,13,18H,6,9,11-12H2,1-3H3. The summed E-state index contributed by atoms with van der Waals surface area (Å²) in [6.07, 6.45) is 1.19. The Balaban J connectivity index is 2.96. The Morgan fingerprint density at radius 1 is 1.40 bits per heavy atom. The molecule has 0 heterocycles. The lowest BCUT2D eigenvalue weighted by atomic mass is 10.0. The zero-order valence-corrected chi connectivity index (χ0v) is 12.5. The van der Waals surface area contributed by atoms with Gasteiger partial charge in [-0.2, -0.15) is 5.26 Å². The normalized spacial score (nSPS) is 10.3. The monoisotopic (exact) mass is 273 g/mol. The maximum atomic E-state index is 12.7. The van der Waals surface area contributed by atoms with Crippen molar-refractivity contribution in [3.63, 3.8) is 0 Å². The molecule has 0 saturated heterocycles. The number of carbonyl (C=O) groups excluding carboxylic acids is 1. The van der Waals surface area contributed by atoms with Gasteiger partial charge in [-0.15, -0.1) is 0 Å². The number of benzene rings is 1. The van der Waals surface area contributed by atoms with E-state index in [2.05, 4.69) is 11.4 Å². The summed E-state index contributed by atoms with van der Waals surface area (Å²) in [5, 5.41) is 11.8. The van der Waals surface area contributed by atoms with E-state index in [1.807, 2.05) is 45.2 Å². The van der Waals surface area contributed by atoms with Crippen LogP contribution >= 0.6 is 0 Å². The maximum Gasteiger partial charge on any atom is 0.254 e. The number of amides is 1. The number of rotatable bonds is 7. The highest BCUT2D eigenvalue weighted by Crippen LogP contribution is 2.14. The van der Waals surface area contributed by atoms with Gasteiger partial charge in [-0.25, -0.2) is 0 Å². The average molecular weight is 273 g/mol. The van der Waals surface area contributed by atoms with Crippen LogP contribution in [0.15, 0.2) is 24.3 Å². The summed E-state index contributed by atoms with van der Waals surface area (Å²) >= 11 is 0. The number of hydrogen-bond donors (Lipinski definition) is 1. The lowest BCUT2D eigenvalue weighted by molar-refractivity contribution is 0.0709. The van der Waals surface area contributed by atoms with Crippen LogP contribution in [0.5, 0.6) is 0 Å². The van der Waals surface area contributed by atoms with Crippen molar-refractivity contribution in [1.29, 1.82) is 5.26 Å². The van der Waals surface area contributed by atoms with Gasteiger partial charge in [-0.05, 0) is 45.5 Å². The second kappa shape index (κ2) is 8.34. The van der Waals surface area contributed by atoms with Gasteiger partial charge in [-0.1, -0.05) is 18.2 Å². The molecule has 0 atom stereocenters. The van der Waals surface area contributed by atoms with Gasteiger partial charge in [0.1, 0.15) is 0 Å². The molecule has 1 aromatic rings. The Morgan fingerprint density at radius 3 is 2.70 bits per heavy atom. The van der Waals surface area contributed by atoms with Crippen molar-refractivity contribution in [1.82, 2.24) is 10.2 Å². The molecule has 0 aliphatic carbocycles. The van der Waals surface area contributed by atoms with Crippen LogP contribution < -0.4 is 5.32 Å².